The molecule has 1 unspecified atom stereocenters. The Labute approximate surface area is 109 Å². The van der Waals surface area contributed by atoms with E-state index in [1.807, 2.05) is 0 Å². The van der Waals surface area contributed by atoms with Crippen molar-refractivity contribution in [1.82, 2.24) is 0 Å². The van der Waals surface area contributed by atoms with Crippen molar-refractivity contribution in [3.8, 4) is 5.75 Å². The van der Waals surface area contributed by atoms with Crippen LogP contribution in [0.4, 0.5) is 5.69 Å². The van der Waals surface area contributed by atoms with Crippen molar-refractivity contribution in [2.45, 2.75) is 18.6 Å². The first-order valence-corrected chi connectivity index (χ1v) is 6.41. The van der Waals surface area contributed by atoms with Crippen molar-refractivity contribution in [3.63, 3.8) is 0 Å². The monoisotopic (exact) mass is 271 g/mol. The summed E-state index contributed by atoms with van der Waals surface area (Å²) in [5.41, 5.74) is 0.613. The Hall–Kier alpha value is -1.40. The molecule has 1 aromatic carbocycles. The topological polar surface area (TPSA) is 64.6 Å². The summed E-state index contributed by atoms with van der Waals surface area (Å²) in [6.07, 6.45) is 0. The Morgan fingerprint density at radius 3 is 2.22 bits per heavy atom. The predicted molar refractivity (Wildman–Crippen MR) is 70.9 cm³/mol. The third-order valence-electron chi connectivity index (χ3n) is 2.46. The summed E-state index contributed by atoms with van der Waals surface area (Å²) < 4.78 is 20.2. The fourth-order valence-corrected chi connectivity index (χ4v) is 1.86. The lowest BCUT2D eigenvalue weighted by molar-refractivity contribution is -0.117. The smallest absolute Gasteiger partial charge is 0.245 e. The number of hydrogen-bond acceptors (Lipinski definition) is 4. The third-order valence-corrected chi connectivity index (χ3v) is 3.78. The molecule has 0 radical (unpaired) electrons. The van der Waals surface area contributed by atoms with Gasteiger partial charge < -0.3 is 10.1 Å². The number of benzene rings is 1. The number of rotatable bonds is 5. The Kier molecular flexibility index (Phi) is 4.86. The summed E-state index contributed by atoms with van der Waals surface area (Å²) in [5.74, 6) is 0.334. The Morgan fingerprint density at radius 1 is 1.22 bits per heavy atom. The van der Waals surface area contributed by atoms with Crippen molar-refractivity contribution in [3.05, 3.63) is 24.3 Å². The molecule has 6 heteroatoms. The highest BCUT2D eigenvalue weighted by Crippen LogP contribution is 2.19. The maximum absolute atomic E-state index is 12.0. The molecule has 0 aliphatic rings. The van der Waals surface area contributed by atoms with Crippen LogP contribution in [0.1, 0.15) is 13.8 Å². The molecule has 1 aromatic rings. The molecule has 5 nitrogen and oxygen atoms in total. The summed E-state index contributed by atoms with van der Waals surface area (Å²) in [6.45, 7) is 3.12. The van der Waals surface area contributed by atoms with E-state index in [-0.39, 0.29) is 5.91 Å². The minimum absolute atomic E-state index is 0.368. The minimum Gasteiger partial charge on any atom is -0.497 e. The first kappa shape index (κ1) is 14.7. The predicted octanol–water partition coefficient (Wildman–Crippen LogP) is 1.72. The van der Waals surface area contributed by atoms with Gasteiger partial charge in [-0.15, -0.1) is 0 Å². The van der Waals surface area contributed by atoms with Gasteiger partial charge >= 0.3 is 0 Å². The zero-order valence-corrected chi connectivity index (χ0v) is 11.7. The standard InChI is InChI=1S/C12H17NO4S/c1-12(2,18(15)17-4)11(14)13-9-5-7-10(16-3)8-6-9/h5-8H,1-4H3,(H,13,14). The van der Waals surface area contributed by atoms with Crippen LogP contribution in [-0.4, -0.2) is 29.1 Å². The summed E-state index contributed by atoms with van der Waals surface area (Å²) >= 11 is -1.68. The molecular weight excluding hydrogens is 254 g/mol. The highest BCUT2D eigenvalue weighted by atomic mass is 32.2. The highest BCUT2D eigenvalue weighted by molar-refractivity contribution is 7.82. The average molecular weight is 271 g/mol. The van der Waals surface area contributed by atoms with Crippen LogP contribution in [0.5, 0.6) is 5.75 Å². The van der Waals surface area contributed by atoms with Gasteiger partial charge in [0.15, 0.2) is 11.1 Å². The van der Waals surface area contributed by atoms with Crippen LogP contribution < -0.4 is 10.1 Å². The molecule has 1 N–H and O–H groups in total. The maximum atomic E-state index is 12.0. The fraction of sp³-hybridized carbons (Fsp3) is 0.417. The SMILES string of the molecule is COc1ccc(NC(=O)C(C)(C)S(=O)OC)cc1. The molecular formula is C12H17NO4S. The molecule has 18 heavy (non-hydrogen) atoms. The second-order valence-electron chi connectivity index (χ2n) is 4.09. The van der Waals surface area contributed by atoms with Crippen LogP contribution in [0, 0.1) is 0 Å². The number of carbonyl (C=O) groups excluding carboxylic acids is 1. The Bertz CT molecular complexity index is 442. The van der Waals surface area contributed by atoms with Crippen LogP contribution in [-0.2, 0) is 20.1 Å². The van der Waals surface area contributed by atoms with E-state index in [4.69, 9.17) is 8.92 Å². The summed E-state index contributed by atoms with van der Waals surface area (Å²) in [4.78, 5) is 12.0. The lowest BCUT2D eigenvalue weighted by Crippen LogP contribution is -2.41. The highest BCUT2D eigenvalue weighted by Gasteiger charge is 2.35. The molecule has 0 saturated heterocycles. The zero-order chi connectivity index (χ0) is 13.8. The van der Waals surface area contributed by atoms with Gasteiger partial charge in [0.25, 0.3) is 0 Å². The molecule has 0 aliphatic carbocycles. The first-order valence-electron chi connectivity index (χ1n) is 5.33. The van der Waals surface area contributed by atoms with E-state index in [9.17, 15) is 9.00 Å². The number of hydrogen-bond donors (Lipinski definition) is 1. The number of ether oxygens (including phenoxy) is 1. The van der Waals surface area contributed by atoms with Crippen molar-refractivity contribution in [2.75, 3.05) is 19.5 Å². The molecule has 1 atom stereocenters. The Balaban J connectivity index is 2.77. The summed E-state index contributed by atoms with van der Waals surface area (Å²) in [6, 6.07) is 6.89. The molecule has 0 aromatic heterocycles. The van der Waals surface area contributed by atoms with Gasteiger partial charge in [0.2, 0.25) is 5.91 Å². The van der Waals surface area contributed by atoms with Crippen molar-refractivity contribution in [1.29, 1.82) is 0 Å². The van der Waals surface area contributed by atoms with Crippen LogP contribution >= 0.6 is 0 Å². The second-order valence-corrected chi connectivity index (χ2v) is 5.92. The van der Waals surface area contributed by atoms with Crippen LogP contribution in [0.2, 0.25) is 0 Å². The van der Waals surface area contributed by atoms with E-state index in [1.165, 1.54) is 7.11 Å². The molecule has 0 spiro atoms. The lowest BCUT2D eigenvalue weighted by Gasteiger charge is -2.21. The van der Waals surface area contributed by atoms with Gasteiger partial charge in [0, 0.05) is 5.69 Å². The zero-order valence-electron chi connectivity index (χ0n) is 10.9. The van der Waals surface area contributed by atoms with E-state index in [0.29, 0.717) is 11.4 Å². The number of carbonyl (C=O) groups is 1. The van der Waals surface area contributed by atoms with Crippen LogP contribution in [0.3, 0.4) is 0 Å². The van der Waals surface area contributed by atoms with Gasteiger partial charge in [-0.05, 0) is 38.1 Å². The second kappa shape index (κ2) is 5.97. The molecule has 1 rings (SSSR count). The molecule has 0 aliphatic heterocycles. The molecule has 0 saturated carbocycles. The lowest BCUT2D eigenvalue weighted by atomic mass is 10.2. The fourth-order valence-electron chi connectivity index (χ4n) is 1.24. The van der Waals surface area contributed by atoms with Gasteiger partial charge in [-0.1, -0.05) is 0 Å². The first-order chi connectivity index (χ1) is 8.41. The van der Waals surface area contributed by atoms with E-state index < -0.39 is 15.8 Å². The van der Waals surface area contributed by atoms with Crippen LogP contribution in [0.15, 0.2) is 24.3 Å². The van der Waals surface area contributed by atoms with E-state index in [0.717, 1.165) is 0 Å². The largest absolute Gasteiger partial charge is 0.497 e. The summed E-state index contributed by atoms with van der Waals surface area (Å²) in [5, 5.41) is 2.68. The van der Waals surface area contributed by atoms with Gasteiger partial charge in [0.1, 0.15) is 10.5 Å². The number of nitrogens with one attached hydrogen (secondary N) is 1. The van der Waals surface area contributed by atoms with Crippen molar-refractivity contribution >= 4 is 22.7 Å². The maximum Gasteiger partial charge on any atom is 0.245 e. The van der Waals surface area contributed by atoms with Crippen molar-refractivity contribution in [2.24, 2.45) is 0 Å². The van der Waals surface area contributed by atoms with Gasteiger partial charge in [0.05, 0.1) is 14.2 Å². The molecule has 0 heterocycles. The normalized spacial score (nSPS) is 12.9. The number of methoxy groups -OCH3 is 1. The quantitative estimate of drug-likeness (QED) is 0.885. The van der Waals surface area contributed by atoms with E-state index in [2.05, 4.69) is 5.32 Å². The van der Waals surface area contributed by atoms with Gasteiger partial charge in [-0.3, -0.25) is 8.98 Å². The molecule has 0 fully saturated rings. The van der Waals surface area contributed by atoms with Crippen LogP contribution in [0.25, 0.3) is 0 Å². The van der Waals surface area contributed by atoms with Crippen molar-refractivity contribution < 1.29 is 17.9 Å². The molecule has 1 amide bonds. The molecule has 0 bridgehead atoms. The average Bonchev–Trinajstić information content (AvgIpc) is 2.38. The van der Waals surface area contributed by atoms with E-state index >= 15 is 0 Å². The molecule has 100 valence electrons. The Morgan fingerprint density at radius 2 is 1.78 bits per heavy atom. The third kappa shape index (κ3) is 3.30. The van der Waals surface area contributed by atoms with E-state index in [1.54, 1.807) is 45.2 Å². The number of amides is 1. The minimum atomic E-state index is -1.68. The van der Waals surface area contributed by atoms with Gasteiger partial charge in [-0.2, -0.15) is 0 Å². The summed E-state index contributed by atoms with van der Waals surface area (Å²) in [7, 11) is 2.87. The number of anilines is 1. The van der Waals surface area contributed by atoms with Gasteiger partial charge in [-0.25, -0.2) is 4.21 Å².